The highest BCUT2D eigenvalue weighted by Crippen LogP contribution is 2.13. The lowest BCUT2D eigenvalue weighted by atomic mass is 10.1. The molecule has 0 saturated carbocycles. The zero-order valence-electron chi connectivity index (χ0n) is 8.50. The summed E-state index contributed by atoms with van der Waals surface area (Å²) in [5.74, 6) is 0. The zero-order valence-corrected chi connectivity index (χ0v) is 10.1. The van der Waals surface area contributed by atoms with E-state index < -0.39 is 0 Å². The number of rotatable bonds is 5. The first kappa shape index (κ1) is 11.7. The molecule has 0 aliphatic rings. The summed E-state index contributed by atoms with van der Waals surface area (Å²) in [4.78, 5) is 0. The molecular formula is C11H15BrO2. The highest BCUT2D eigenvalue weighted by Gasteiger charge is 2.06. The van der Waals surface area contributed by atoms with Crippen molar-refractivity contribution < 1.29 is 9.47 Å². The molecule has 0 spiro atoms. The fraction of sp³-hybridized carbons (Fsp3) is 0.455. The Balaban J connectivity index is 2.53. The standard InChI is InChI=1S/C11H15BrO2/c1-3-14-11(13-2)8-9-4-6-10(12)7-5-9/h4-7,11H,3,8H2,1-2H3. The molecule has 0 saturated heterocycles. The summed E-state index contributed by atoms with van der Waals surface area (Å²) in [5.41, 5.74) is 1.22. The molecule has 1 atom stereocenters. The highest BCUT2D eigenvalue weighted by atomic mass is 79.9. The van der Waals surface area contributed by atoms with Crippen LogP contribution in [0.2, 0.25) is 0 Å². The van der Waals surface area contributed by atoms with Crippen molar-refractivity contribution in [3.05, 3.63) is 34.3 Å². The second-order valence-corrected chi connectivity index (χ2v) is 3.87. The summed E-state index contributed by atoms with van der Waals surface area (Å²) in [6.45, 7) is 2.64. The first-order chi connectivity index (χ1) is 6.76. The van der Waals surface area contributed by atoms with E-state index in [9.17, 15) is 0 Å². The minimum Gasteiger partial charge on any atom is -0.356 e. The first-order valence-corrected chi connectivity index (χ1v) is 5.44. The van der Waals surface area contributed by atoms with Crippen molar-refractivity contribution in [3.8, 4) is 0 Å². The van der Waals surface area contributed by atoms with Crippen molar-refractivity contribution >= 4 is 15.9 Å². The third-order valence-electron chi connectivity index (χ3n) is 1.93. The van der Waals surface area contributed by atoms with E-state index in [-0.39, 0.29) is 6.29 Å². The van der Waals surface area contributed by atoms with Gasteiger partial charge in [0.1, 0.15) is 0 Å². The lowest BCUT2D eigenvalue weighted by Crippen LogP contribution is -2.18. The van der Waals surface area contributed by atoms with Crippen molar-refractivity contribution in [3.63, 3.8) is 0 Å². The molecule has 0 aromatic heterocycles. The molecule has 0 aliphatic carbocycles. The smallest absolute Gasteiger partial charge is 0.161 e. The van der Waals surface area contributed by atoms with Gasteiger partial charge in [0.15, 0.2) is 6.29 Å². The Morgan fingerprint density at radius 2 is 1.93 bits per heavy atom. The third kappa shape index (κ3) is 3.78. The molecular weight excluding hydrogens is 244 g/mol. The van der Waals surface area contributed by atoms with Gasteiger partial charge in [-0.3, -0.25) is 0 Å². The van der Waals surface area contributed by atoms with Crippen LogP contribution in [0.15, 0.2) is 28.7 Å². The summed E-state index contributed by atoms with van der Waals surface area (Å²) < 4.78 is 11.7. The molecule has 0 aliphatic heterocycles. The van der Waals surface area contributed by atoms with Gasteiger partial charge in [0.2, 0.25) is 0 Å². The molecule has 78 valence electrons. The summed E-state index contributed by atoms with van der Waals surface area (Å²) in [7, 11) is 1.67. The van der Waals surface area contributed by atoms with Gasteiger partial charge >= 0.3 is 0 Å². The predicted octanol–water partition coefficient (Wildman–Crippen LogP) is 3.00. The number of benzene rings is 1. The Hall–Kier alpha value is -0.380. The molecule has 1 unspecified atom stereocenters. The second-order valence-electron chi connectivity index (χ2n) is 2.95. The molecule has 1 rings (SSSR count). The van der Waals surface area contributed by atoms with Gasteiger partial charge in [-0.05, 0) is 24.6 Å². The van der Waals surface area contributed by atoms with E-state index in [4.69, 9.17) is 9.47 Å². The largest absolute Gasteiger partial charge is 0.356 e. The maximum atomic E-state index is 5.39. The predicted molar refractivity (Wildman–Crippen MR) is 60.3 cm³/mol. The van der Waals surface area contributed by atoms with Crippen LogP contribution in [-0.2, 0) is 15.9 Å². The Morgan fingerprint density at radius 3 is 2.43 bits per heavy atom. The molecule has 0 radical (unpaired) electrons. The zero-order chi connectivity index (χ0) is 10.4. The van der Waals surface area contributed by atoms with Crippen LogP contribution in [0.25, 0.3) is 0 Å². The van der Waals surface area contributed by atoms with Gasteiger partial charge in [0.25, 0.3) is 0 Å². The molecule has 0 bridgehead atoms. The quantitative estimate of drug-likeness (QED) is 0.757. The Morgan fingerprint density at radius 1 is 1.29 bits per heavy atom. The monoisotopic (exact) mass is 258 g/mol. The molecule has 2 nitrogen and oxygen atoms in total. The number of halogens is 1. The Kier molecular flexibility index (Phi) is 5.15. The van der Waals surface area contributed by atoms with Crippen LogP contribution in [0.3, 0.4) is 0 Å². The van der Waals surface area contributed by atoms with Crippen molar-refractivity contribution in [2.75, 3.05) is 13.7 Å². The Labute approximate surface area is 93.4 Å². The van der Waals surface area contributed by atoms with Crippen LogP contribution >= 0.6 is 15.9 Å². The van der Waals surface area contributed by atoms with Gasteiger partial charge in [0.05, 0.1) is 0 Å². The first-order valence-electron chi connectivity index (χ1n) is 4.65. The highest BCUT2D eigenvalue weighted by molar-refractivity contribution is 9.10. The van der Waals surface area contributed by atoms with Crippen LogP contribution in [0.1, 0.15) is 12.5 Å². The van der Waals surface area contributed by atoms with E-state index in [1.807, 2.05) is 19.1 Å². The lowest BCUT2D eigenvalue weighted by molar-refractivity contribution is -0.118. The normalized spacial score (nSPS) is 12.8. The maximum Gasteiger partial charge on any atom is 0.161 e. The van der Waals surface area contributed by atoms with Crippen molar-refractivity contribution in [1.82, 2.24) is 0 Å². The van der Waals surface area contributed by atoms with E-state index in [1.165, 1.54) is 5.56 Å². The summed E-state index contributed by atoms with van der Waals surface area (Å²) in [6, 6.07) is 8.17. The van der Waals surface area contributed by atoms with Crippen LogP contribution in [0.4, 0.5) is 0 Å². The molecule has 0 heterocycles. The molecule has 0 fully saturated rings. The van der Waals surface area contributed by atoms with Crippen molar-refractivity contribution in [1.29, 1.82) is 0 Å². The fourth-order valence-electron chi connectivity index (χ4n) is 1.21. The van der Waals surface area contributed by atoms with Crippen LogP contribution in [0, 0.1) is 0 Å². The van der Waals surface area contributed by atoms with Crippen LogP contribution in [-0.4, -0.2) is 20.0 Å². The van der Waals surface area contributed by atoms with E-state index in [2.05, 4.69) is 28.1 Å². The minimum absolute atomic E-state index is 0.138. The van der Waals surface area contributed by atoms with Gasteiger partial charge in [-0.15, -0.1) is 0 Å². The van der Waals surface area contributed by atoms with E-state index >= 15 is 0 Å². The fourth-order valence-corrected chi connectivity index (χ4v) is 1.47. The third-order valence-corrected chi connectivity index (χ3v) is 2.46. The maximum absolute atomic E-state index is 5.39. The van der Waals surface area contributed by atoms with Crippen molar-refractivity contribution in [2.45, 2.75) is 19.6 Å². The molecule has 1 aromatic carbocycles. The molecule has 0 N–H and O–H groups in total. The van der Waals surface area contributed by atoms with Gasteiger partial charge in [0, 0.05) is 24.6 Å². The number of ether oxygens (including phenoxy) is 2. The Bertz CT molecular complexity index is 258. The SMILES string of the molecule is CCOC(Cc1ccc(Br)cc1)OC. The average molecular weight is 259 g/mol. The second kappa shape index (κ2) is 6.17. The summed E-state index contributed by atoms with van der Waals surface area (Å²) in [5, 5.41) is 0. The van der Waals surface area contributed by atoms with Gasteiger partial charge < -0.3 is 9.47 Å². The number of hydrogen-bond donors (Lipinski definition) is 0. The molecule has 14 heavy (non-hydrogen) atoms. The topological polar surface area (TPSA) is 18.5 Å². The van der Waals surface area contributed by atoms with E-state index in [0.717, 1.165) is 10.9 Å². The van der Waals surface area contributed by atoms with E-state index in [1.54, 1.807) is 7.11 Å². The summed E-state index contributed by atoms with van der Waals surface area (Å²) in [6.07, 6.45) is 0.652. The summed E-state index contributed by atoms with van der Waals surface area (Å²) >= 11 is 3.40. The molecule has 3 heteroatoms. The average Bonchev–Trinajstić information content (AvgIpc) is 2.20. The van der Waals surface area contributed by atoms with Crippen molar-refractivity contribution in [2.24, 2.45) is 0 Å². The van der Waals surface area contributed by atoms with Gasteiger partial charge in [-0.1, -0.05) is 28.1 Å². The van der Waals surface area contributed by atoms with E-state index in [0.29, 0.717) is 6.61 Å². The molecule has 0 amide bonds. The molecule has 1 aromatic rings. The van der Waals surface area contributed by atoms with Crippen LogP contribution in [0.5, 0.6) is 0 Å². The van der Waals surface area contributed by atoms with Crippen LogP contribution < -0.4 is 0 Å². The van der Waals surface area contributed by atoms with Gasteiger partial charge in [-0.25, -0.2) is 0 Å². The van der Waals surface area contributed by atoms with Gasteiger partial charge in [-0.2, -0.15) is 0 Å². The number of hydrogen-bond acceptors (Lipinski definition) is 2. The minimum atomic E-state index is -0.138. The lowest BCUT2D eigenvalue weighted by Gasteiger charge is -2.14. The number of methoxy groups -OCH3 is 1.